The van der Waals surface area contributed by atoms with Gasteiger partial charge >= 0.3 is 5.69 Å². The van der Waals surface area contributed by atoms with Crippen molar-refractivity contribution >= 4 is 0 Å². The highest BCUT2D eigenvalue weighted by Crippen LogP contribution is 2.42. The van der Waals surface area contributed by atoms with Crippen LogP contribution in [0.1, 0.15) is 35.8 Å². The van der Waals surface area contributed by atoms with Crippen LogP contribution < -0.4 is 11.2 Å². The molecule has 0 aliphatic carbocycles. The maximum absolute atomic E-state index is 12.6. The molecule has 1 saturated heterocycles. The van der Waals surface area contributed by atoms with E-state index in [0.717, 1.165) is 15.7 Å². The predicted octanol–water partition coefficient (Wildman–Crippen LogP) is 2.58. The van der Waals surface area contributed by atoms with E-state index in [0.29, 0.717) is 12.2 Å². The van der Waals surface area contributed by atoms with Gasteiger partial charge in [0.2, 0.25) is 0 Å². The molecule has 1 fully saturated rings. The number of H-pyrrole nitrogens is 1. The minimum atomic E-state index is -1.27. The van der Waals surface area contributed by atoms with Gasteiger partial charge in [0.25, 0.3) is 5.56 Å². The van der Waals surface area contributed by atoms with E-state index in [9.17, 15) is 20.0 Å². The quantitative estimate of drug-likeness (QED) is 0.446. The minimum Gasteiger partial charge on any atom is -0.386 e. The number of nitrogens with zero attached hydrogens (tertiary/aromatic N) is 2. The molecular formula is C27H29N3O6. The Morgan fingerprint density at radius 2 is 1.72 bits per heavy atom. The number of aryl methyl sites for hydroxylation is 1. The van der Waals surface area contributed by atoms with Gasteiger partial charge in [0.15, 0.2) is 6.23 Å². The maximum Gasteiger partial charge on any atom is 0.330 e. The Hall–Kier alpha value is -3.55. The lowest BCUT2D eigenvalue weighted by Crippen LogP contribution is -2.48. The number of hydrogen-bond acceptors (Lipinski definition) is 7. The van der Waals surface area contributed by atoms with E-state index >= 15 is 0 Å². The van der Waals surface area contributed by atoms with Crippen LogP contribution in [-0.2, 0) is 27.4 Å². The van der Waals surface area contributed by atoms with E-state index in [2.05, 4.69) is 11.1 Å². The summed E-state index contributed by atoms with van der Waals surface area (Å²) in [5, 5.41) is 20.7. The highest BCUT2D eigenvalue weighted by Gasteiger charge is 2.56. The molecule has 4 rings (SSSR count). The lowest BCUT2D eigenvalue weighted by molar-refractivity contribution is -0.160. The smallest absolute Gasteiger partial charge is 0.330 e. The van der Waals surface area contributed by atoms with E-state index < -0.39 is 35.3 Å². The lowest BCUT2D eigenvalue weighted by Gasteiger charge is -2.34. The zero-order valence-corrected chi connectivity index (χ0v) is 20.0. The molecule has 36 heavy (non-hydrogen) atoms. The standard InChI is InChI=1S/C27H29N3O6/c1-19-15-30(26(33)29-24(19)32)25-22(31)23(35-17-21-11-6-3-7-12-21)27(36-25,13-8-14-28)18-34-16-20-9-4-2-5-10-20/h2-7,9-12,15,22-23,25,31H,8,13,16-18H2,1H3,(H,29,32,33)/t22-,23+,25-,27-/m1/s1. The number of nitrogens with one attached hydrogen (secondary N) is 1. The van der Waals surface area contributed by atoms with Crippen molar-refractivity contribution in [3.8, 4) is 6.07 Å². The summed E-state index contributed by atoms with van der Waals surface area (Å²) in [6.07, 6.45) is -1.63. The molecule has 0 saturated carbocycles. The number of aliphatic hydroxyl groups excluding tert-OH is 1. The maximum atomic E-state index is 12.6. The first-order chi connectivity index (χ1) is 17.4. The number of nitriles is 1. The summed E-state index contributed by atoms with van der Waals surface area (Å²) in [7, 11) is 0. The fourth-order valence-corrected chi connectivity index (χ4v) is 4.42. The number of aromatic nitrogens is 2. The van der Waals surface area contributed by atoms with Gasteiger partial charge in [-0.2, -0.15) is 5.26 Å². The Morgan fingerprint density at radius 3 is 2.36 bits per heavy atom. The molecule has 2 heterocycles. The van der Waals surface area contributed by atoms with Crippen LogP contribution >= 0.6 is 0 Å². The third kappa shape index (κ3) is 5.64. The molecule has 1 aromatic heterocycles. The van der Waals surface area contributed by atoms with Gasteiger partial charge in [-0.1, -0.05) is 60.7 Å². The Morgan fingerprint density at radius 1 is 1.08 bits per heavy atom. The largest absolute Gasteiger partial charge is 0.386 e. The van der Waals surface area contributed by atoms with Crippen LogP contribution in [0.3, 0.4) is 0 Å². The summed E-state index contributed by atoms with van der Waals surface area (Å²) in [5.41, 5.74) is -0.295. The molecule has 1 aliphatic heterocycles. The van der Waals surface area contributed by atoms with Crippen LogP contribution in [0.25, 0.3) is 0 Å². The van der Waals surface area contributed by atoms with Gasteiger partial charge in [-0.25, -0.2) is 4.79 Å². The Labute approximate surface area is 208 Å². The number of aromatic amines is 1. The predicted molar refractivity (Wildman–Crippen MR) is 131 cm³/mol. The van der Waals surface area contributed by atoms with E-state index in [1.165, 1.54) is 6.20 Å². The van der Waals surface area contributed by atoms with Crippen LogP contribution in [0.4, 0.5) is 0 Å². The van der Waals surface area contributed by atoms with Gasteiger partial charge in [0, 0.05) is 18.2 Å². The Bertz CT molecular complexity index is 1300. The number of rotatable bonds is 10. The first kappa shape index (κ1) is 25.5. The molecule has 0 spiro atoms. The normalized spacial score (nSPS) is 23.4. The first-order valence-electron chi connectivity index (χ1n) is 11.8. The Kier molecular flexibility index (Phi) is 8.13. The molecule has 2 N–H and O–H groups in total. The topological polar surface area (TPSA) is 127 Å². The summed E-state index contributed by atoms with van der Waals surface area (Å²) in [4.78, 5) is 26.8. The molecule has 4 atom stereocenters. The Balaban J connectivity index is 1.66. The molecule has 0 amide bonds. The molecule has 188 valence electrons. The van der Waals surface area contributed by atoms with Gasteiger partial charge in [0.05, 0.1) is 25.9 Å². The van der Waals surface area contributed by atoms with E-state index in [-0.39, 0.29) is 26.1 Å². The zero-order valence-electron chi connectivity index (χ0n) is 20.0. The summed E-state index contributed by atoms with van der Waals surface area (Å²) < 4.78 is 19.7. The van der Waals surface area contributed by atoms with Crippen molar-refractivity contribution in [3.63, 3.8) is 0 Å². The van der Waals surface area contributed by atoms with Crippen molar-refractivity contribution in [2.24, 2.45) is 0 Å². The molecule has 3 aromatic rings. The number of aliphatic hydroxyl groups is 1. The first-order valence-corrected chi connectivity index (χ1v) is 11.8. The van der Waals surface area contributed by atoms with Gasteiger partial charge in [0.1, 0.15) is 17.8 Å². The molecule has 1 aliphatic rings. The average Bonchev–Trinajstić information content (AvgIpc) is 3.16. The average molecular weight is 492 g/mol. The monoisotopic (exact) mass is 491 g/mol. The molecular weight excluding hydrogens is 462 g/mol. The molecule has 2 aromatic carbocycles. The third-order valence-electron chi connectivity index (χ3n) is 6.29. The summed E-state index contributed by atoms with van der Waals surface area (Å²) in [6.45, 7) is 2.06. The van der Waals surface area contributed by atoms with Crippen molar-refractivity contribution in [3.05, 3.63) is 104 Å². The second kappa shape index (κ2) is 11.5. The highest BCUT2D eigenvalue weighted by molar-refractivity contribution is 5.15. The van der Waals surface area contributed by atoms with Crippen molar-refractivity contribution in [2.45, 2.75) is 57.0 Å². The minimum absolute atomic E-state index is 0.0215. The van der Waals surface area contributed by atoms with Crippen molar-refractivity contribution in [2.75, 3.05) is 6.61 Å². The molecule has 9 nitrogen and oxygen atoms in total. The van der Waals surface area contributed by atoms with E-state index in [1.807, 2.05) is 60.7 Å². The second-order valence-corrected chi connectivity index (χ2v) is 8.90. The molecule has 0 unspecified atom stereocenters. The van der Waals surface area contributed by atoms with Gasteiger partial charge in [-0.05, 0) is 24.5 Å². The summed E-state index contributed by atoms with van der Waals surface area (Å²) in [6, 6.07) is 21.2. The van der Waals surface area contributed by atoms with E-state index in [4.69, 9.17) is 14.2 Å². The van der Waals surface area contributed by atoms with Gasteiger partial charge in [-0.15, -0.1) is 0 Å². The fourth-order valence-electron chi connectivity index (χ4n) is 4.42. The lowest BCUT2D eigenvalue weighted by atomic mass is 9.90. The fraction of sp³-hybridized carbons (Fsp3) is 0.370. The molecule has 9 heteroatoms. The zero-order chi connectivity index (χ0) is 25.5. The van der Waals surface area contributed by atoms with Gasteiger partial charge in [-0.3, -0.25) is 14.3 Å². The highest BCUT2D eigenvalue weighted by atomic mass is 16.6. The SMILES string of the molecule is Cc1cn([C@@H]2O[C@](CCC#N)(COCc3ccccc3)[C@@H](OCc3ccccc3)[C@H]2O)c(=O)[nH]c1=O. The van der Waals surface area contributed by atoms with Crippen LogP contribution in [0.5, 0.6) is 0 Å². The molecule has 0 radical (unpaired) electrons. The van der Waals surface area contributed by atoms with E-state index in [1.54, 1.807) is 6.92 Å². The van der Waals surface area contributed by atoms with Crippen molar-refractivity contribution in [1.29, 1.82) is 5.26 Å². The van der Waals surface area contributed by atoms with Crippen molar-refractivity contribution < 1.29 is 19.3 Å². The number of benzene rings is 2. The van der Waals surface area contributed by atoms with Crippen LogP contribution in [0.2, 0.25) is 0 Å². The summed E-state index contributed by atoms with van der Waals surface area (Å²) in [5.74, 6) is 0. The second-order valence-electron chi connectivity index (χ2n) is 8.90. The van der Waals surface area contributed by atoms with Crippen LogP contribution in [0.15, 0.2) is 76.4 Å². The molecule has 0 bridgehead atoms. The number of ether oxygens (including phenoxy) is 3. The van der Waals surface area contributed by atoms with Gasteiger partial charge < -0.3 is 19.3 Å². The van der Waals surface area contributed by atoms with Crippen LogP contribution in [0, 0.1) is 18.3 Å². The van der Waals surface area contributed by atoms with Crippen LogP contribution in [-0.4, -0.2) is 39.1 Å². The third-order valence-corrected chi connectivity index (χ3v) is 6.29. The summed E-state index contributed by atoms with van der Waals surface area (Å²) >= 11 is 0. The van der Waals surface area contributed by atoms with Crippen molar-refractivity contribution in [1.82, 2.24) is 9.55 Å². The number of hydrogen-bond donors (Lipinski definition) is 2.